The Morgan fingerprint density at radius 1 is 1.35 bits per heavy atom. The fraction of sp³-hybridized carbons (Fsp3) is 0.400. The summed E-state index contributed by atoms with van der Waals surface area (Å²) in [5.74, 6) is -1.10. The zero-order valence-electron chi connectivity index (χ0n) is 11.0. The van der Waals surface area contributed by atoms with E-state index in [1.807, 2.05) is 12.1 Å². The van der Waals surface area contributed by atoms with Crippen LogP contribution in [0.3, 0.4) is 0 Å². The van der Waals surface area contributed by atoms with Gasteiger partial charge in [-0.3, -0.25) is 9.69 Å². The molecule has 1 aromatic rings. The van der Waals surface area contributed by atoms with Crippen molar-refractivity contribution < 1.29 is 14.3 Å². The van der Waals surface area contributed by atoms with Gasteiger partial charge in [0.1, 0.15) is 5.82 Å². The van der Waals surface area contributed by atoms with Crippen molar-refractivity contribution in [2.24, 2.45) is 5.92 Å². The molecule has 1 fully saturated rings. The highest BCUT2D eigenvalue weighted by Crippen LogP contribution is 2.44. The molecular weight excluding hydrogens is 277 g/mol. The lowest BCUT2D eigenvalue weighted by Crippen LogP contribution is -2.50. The highest BCUT2D eigenvalue weighted by Gasteiger charge is 2.33. The molecule has 0 aromatic heterocycles. The highest BCUT2D eigenvalue weighted by molar-refractivity contribution is 8.03. The summed E-state index contributed by atoms with van der Waals surface area (Å²) in [6.07, 6.45) is 3.18. The van der Waals surface area contributed by atoms with E-state index in [1.165, 1.54) is 17.0 Å². The molecule has 0 aliphatic carbocycles. The third-order valence-electron chi connectivity index (χ3n) is 3.78. The van der Waals surface area contributed by atoms with E-state index in [0.29, 0.717) is 18.3 Å². The molecule has 2 aliphatic heterocycles. The summed E-state index contributed by atoms with van der Waals surface area (Å²) in [6.45, 7) is 2.13. The predicted octanol–water partition coefficient (Wildman–Crippen LogP) is 2.90. The Morgan fingerprint density at radius 2 is 2.05 bits per heavy atom. The van der Waals surface area contributed by atoms with Gasteiger partial charge in [0.2, 0.25) is 0 Å². The number of hydrogen-bond donors (Lipinski definition) is 1. The molecule has 1 aromatic carbocycles. The second kappa shape index (κ2) is 5.58. The van der Waals surface area contributed by atoms with Crippen LogP contribution in [0, 0.1) is 11.7 Å². The third-order valence-corrected chi connectivity index (χ3v) is 5.13. The summed E-state index contributed by atoms with van der Waals surface area (Å²) in [5, 5.41) is 9.21. The Hall–Kier alpha value is -1.33. The van der Waals surface area contributed by atoms with Gasteiger partial charge in [-0.25, -0.2) is 4.39 Å². The van der Waals surface area contributed by atoms with Crippen LogP contribution in [-0.4, -0.2) is 35.6 Å². The quantitative estimate of drug-likeness (QED) is 0.926. The van der Waals surface area contributed by atoms with Crippen LogP contribution in [0.4, 0.5) is 4.39 Å². The first kappa shape index (κ1) is 13.6. The average Bonchev–Trinajstić information content (AvgIpc) is 2.82. The Kier molecular flexibility index (Phi) is 3.81. The molecule has 0 radical (unpaired) electrons. The number of carboxylic acids is 1. The maximum absolute atomic E-state index is 12.9. The van der Waals surface area contributed by atoms with Gasteiger partial charge < -0.3 is 5.11 Å². The molecule has 0 saturated carbocycles. The minimum absolute atomic E-state index is 0.199. The molecular formula is C15H16FNO2S. The molecule has 3 nitrogen and oxygen atoms in total. The summed E-state index contributed by atoms with van der Waals surface area (Å²) in [5.41, 5.74) is 1.15. The van der Waals surface area contributed by atoms with Crippen molar-refractivity contribution in [3.8, 4) is 0 Å². The Balaban J connectivity index is 1.50. The van der Waals surface area contributed by atoms with Crippen molar-refractivity contribution in [2.75, 3.05) is 19.6 Å². The van der Waals surface area contributed by atoms with Crippen molar-refractivity contribution >= 4 is 17.7 Å². The van der Waals surface area contributed by atoms with Gasteiger partial charge in [0.15, 0.2) is 0 Å². The zero-order valence-corrected chi connectivity index (χ0v) is 11.8. The number of thioether (sulfide) groups is 1. The molecule has 1 atom stereocenters. The minimum Gasteiger partial charge on any atom is -0.481 e. The topological polar surface area (TPSA) is 40.5 Å². The third kappa shape index (κ3) is 2.88. The molecule has 1 saturated heterocycles. The molecule has 1 N–H and O–H groups in total. The normalized spacial score (nSPS) is 23.4. The van der Waals surface area contributed by atoms with Gasteiger partial charge in [0, 0.05) is 24.9 Å². The van der Waals surface area contributed by atoms with Gasteiger partial charge in [0.05, 0.1) is 5.92 Å². The Bertz CT molecular complexity index is 537. The Labute approximate surface area is 121 Å². The molecule has 1 unspecified atom stereocenters. The fourth-order valence-corrected chi connectivity index (χ4v) is 3.88. The van der Waals surface area contributed by atoms with Crippen LogP contribution in [0.2, 0.25) is 0 Å². The number of hydrogen-bond acceptors (Lipinski definition) is 3. The molecule has 0 amide bonds. The van der Waals surface area contributed by atoms with E-state index in [4.69, 9.17) is 5.11 Å². The smallest absolute Gasteiger partial charge is 0.309 e. The van der Waals surface area contributed by atoms with Crippen LogP contribution in [0.25, 0.3) is 0 Å². The van der Waals surface area contributed by atoms with E-state index in [9.17, 15) is 9.18 Å². The van der Waals surface area contributed by atoms with Gasteiger partial charge >= 0.3 is 5.97 Å². The lowest BCUT2D eigenvalue weighted by atomic mass is 10.0. The van der Waals surface area contributed by atoms with Crippen molar-refractivity contribution in [3.05, 3.63) is 46.6 Å². The van der Waals surface area contributed by atoms with Gasteiger partial charge in [-0.1, -0.05) is 18.2 Å². The number of allylic oxidation sites excluding steroid dienone is 1. The van der Waals surface area contributed by atoms with Crippen LogP contribution in [0.1, 0.15) is 17.2 Å². The van der Waals surface area contributed by atoms with E-state index in [1.54, 1.807) is 11.8 Å². The van der Waals surface area contributed by atoms with E-state index in [0.717, 1.165) is 18.5 Å². The van der Waals surface area contributed by atoms with Gasteiger partial charge in [-0.05, 0) is 29.0 Å². The number of aliphatic carboxylic acids is 1. The summed E-state index contributed by atoms with van der Waals surface area (Å²) < 4.78 is 12.9. The summed E-state index contributed by atoms with van der Waals surface area (Å²) in [6, 6.07) is 6.68. The fourth-order valence-electron chi connectivity index (χ4n) is 2.58. The van der Waals surface area contributed by atoms with Crippen molar-refractivity contribution in [1.82, 2.24) is 4.90 Å². The van der Waals surface area contributed by atoms with Crippen LogP contribution in [0.5, 0.6) is 0 Å². The van der Waals surface area contributed by atoms with Crippen LogP contribution < -0.4 is 0 Å². The monoisotopic (exact) mass is 293 g/mol. The number of halogens is 1. The van der Waals surface area contributed by atoms with E-state index >= 15 is 0 Å². The lowest BCUT2D eigenvalue weighted by Gasteiger charge is -2.36. The first-order valence-electron chi connectivity index (χ1n) is 6.68. The van der Waals surface area contributed by atoms with Gasteiger partial charge in [-0.15, -0.1) is 11.8 Å². The van der Waals surface area contributed by atoms with E-state index in [2.05, 4.69) is 11.0 Å². The predicted molar refractivity (Wildman–Crippen MR) is 77.0 cm³/mol. The minimum atomic E-state index is -0.696. The molecule has 2 heterocycles. The van der Waals surface area contributed by atoms with Crippen LogP contribution in [-0.2, 0) is 4.79 Å². The number of benzene rings is 1. The molecule has 20 heavy (non-hydrogen) atoms. The second-order valence-corrected chi connectivity index (χ2v) is 6.62. The largest absolute Gasteiger partial charge is 0.481 e. The first-order valence-corrected chi connectivity index (χ1v) is 7.56. The van der Waals surface area contributed by atoms with Crippen LogP contribution in [0.15, 0.2) is 35.2 Å². The molecule has 3 rings (SSSR count). The molecule has 0 bridgehead atoms. The van der Waals surface area contributed by atoms with Crippen molar-refractivity contribution in [1.29, 1.82) is 0 Å². The number of carbonyl (C=O) groups is 1. The highest BCUT2D eigenvalue weighted by atomic mass is 32.2. The molecule has 106 valence electrons. The molecule has 0 spiro atoms. The number of rotatable bonds is 4. The van der Waals surface area contributed by atoms with Crippen molar-refractivity contribution in [3.63, 3.8) is 0 Å². The second-order valence-electron chi connectivity index (χ2n) is 5.29. The van der Waals surface area contributed by atoms with Gasteiger partial charge in [0.25, 0.3) is 0 Å². The average molecular weight is 293 g/mol. The summed E-state index contributed by atoms with van der Waals surface area (Å²) in [7, 11) is 0. The first-order chi connectivity index (χ1) is 9.61. The van der Waals surface area contributed by atoms with Crippen molar-refractivity contribution in [2.45, 2.75) is 11.7 Å². The number of likely N-dealkylation sites (tertiary alicyclic amines) is 1. The maximum atomic E-state index is 12.9. The maximum Gasteiger partial charge on any atom is 0.309 e. The molecule has 5 heteroatoms. The van der Waals surface area contributed by atoms with E-state index < -0.39 is 5.97 Å². The SMILES string of the molecule is O=C(O)C1CN(CC2=CCC(c3ccc(F)cc3)S2)C1. The summed E-state index contributed by atoms with van der Waals surface area (Å²) in [4.78, 5) is 14.2. The standard InChI is InChI=1S/C15H16FNO2S/c16-12-3-1-10(2-4-12)14-6-5-13(20-14)9-17-7-11(8-17)15(18)19/h1-5,11,14H,6-9H2,(H,18,19). The van der Waals surface area contributed by atoms with E-state index in [-0.39, 0.29) is 11.7 Å². The van der Waals surface area contributed by atoms with Crippen LogP contribution >= 0.6 is 11.8 Å². The number of nitrogens with zero attached hydrogens (tertiary/aromatic N) is 1. The molecule has 2 aliphatic rings. The summed E-state index contributed by atoms with van der Waals surface area (Å²) >= 11 is 1.81. The van der Waals surface area contributed by atoms with Gasteiger partial charge in [-0.2, -0.15) is 0 Å². The zero-order chi connectivity index (χ0) is 14.1. The lowest BCUT2D eigenvalue weighted by molar-refractivity contribution is -0.147. The number of carboxylic acid groups (broad SMARTS) is 1. The Morgan fingerprint density at radius 3 is 2.70 bits per heavy atom.